The second kappa shape index (κ2) is 7.06. The summed E-state index contributed by atoms with van der Waals surface area (Å²) in [6.45, 7) is 6.45. The van der Waals surface area contributed by atoms with Gasteiger partial charge in [-0.1, -0.05) is 19.9 Å². The molecule has 0 saturated heterocycles. The average Bonchev–Trinajstić information content (AvgIpc) is 2.96. The van der Waals surface area contributed by atoms with Gasteiger partial charge in [0.1, 0.15) is 0 Å². The highest BCUT2D eigenvalue weighted by Crippen LogP contribution is 2.67. The standard InChI is InChI=1S/C22H34O6S/c1-13(28-29(25,26)27)17-6-7-18-16-5-4-15-12-14(20(23)24)8-10-21(15,2)19(16)9-11-22(17,18)3/h8,13,15-19H,4-7,9-12H2,1-3H3,(H,23,24)(H,25,26,27)/t13-,15-,16-,17+,18-,19-,21-,22+/m0/s1. The molecule has 0 amide bonds. The summed E-state index contributed by atoms with van der Waals surface area (Å²) in [5.41, 5.74) is 0.784. The highest BCUT2D eigenvalue weighted by molar-refractivity contribution is 7.80. The van der Waals surface area contributed by atoms with Crippen molar-refractivity contribution in [2.24, 2.45) is 40.4 Å². The van der Waals surface area contributed by atoms with E-state index in [2.05, 4.69) is 13.8 Å². The van der Waals surface area contributed by atoms with Gasteiger partial charge >= 0.3 is 16.4 Å². The Morgan fingerprint density at radius 2 is 1.83 bits per heavy atom. The molecule has 8 atom stereocenters. The average molecular weight is 427 g/mol. The first-order valence-electron chi connectivity index (χ1n) is 11.0. The van der Waals surface area contributed by atoms with Crippen LogP contribution in [-0.4, -0.2) is 30.2 Å². The summed E-state index contributed by atoms with van der Waals surface area (Å²) in [4.78, 5) is 11.5. The maximum absolute atomic E-state index is 11.5. The van der Waals surface area contributed by atoms with Crippen LogP contribution in [-0.2, 0) is 19.4 Å². The normalized spacial score (nSPS) is 45.5. The molecule has 6 nitrogen and oxygen atoms in total. The topological polar surface area (TPSA) is 101 Å². The van der Waals surface area contributed by atoms with E-state index in [1.165, 1.54) is 0 Å². The second-order valence-corrected chi connectivity index (χ2v) is 11.6. The molecule has 4 aliphatic carbocycles. The third-order valence-corrected chi connectivity index (χ3v) is 10.1. The summed E-state index contributed by atoms with van der Waals surface area (Å²) in [6.07, 6.45) is 9.39. The quantitative estimate of drug-likeness (QED) is 0.643. The molecular weight excluding hydrogens is 392 g/mol. The molecule has 2 N–H and O–H groups in total. The second-order valence-electron chi connectivity index (χ2n) is 10.6. The van der Waals surface area contributed by atoms with Gasteiger partial charge in [0.05, 0.1) is 6.10 Å². The largest absolute Gasteiger partial charge is 0.478 e. The van der Waals surface area contributed by atoms with Crippen molar-refractivity contribution >= 4 is 16.4 Å². The summed E-state index contributed by atoms with van der Waals surface area (Å²) in [7, 11) is -4.44. The fourth-order valence-electron chi connectivity index (χ4n) is 8.13. The zero-order valence-corrected chi connectivity index (χ0v) is 18.5. The first-order valence-corrected chi connectivity index (χ1v) is 12.4. The van der Waals surface area contributed by atoms with E-state index in [1.807, 2.05) is 6.08 Å². The van der Waals surface area contributed by atoms with Gasteiger partial charge in [0.25, 0.3) is 0 Å². The van der Waals surface area contributed by atoms with Gasteiger partial charge in [0, 0.05) is 5.57 Å². The number of carboxylic acid groups (broad SMARTS) is 1. The molecule has 0 aromatic carbocycles. The smallest absolute Gasteiger partial charge is 0.397 e. The van der Waals surface area contributed by atoms with Crippen molar-refractivity contribution in [1.29, 1.82) is 0 Å². The van der Waals surface area contributed by atoms with Gasteiger partial charge in [-0.15, -0.1) is 0 Å². The van der Waals surface area contributed by atoms with Crippen LogP contribution in [0.5, 0.6) is 0 Å². The third kappa shape index (κ3) is 3.47. The Morgan fingerprint density at radius 3 is 2.48 bits per heavy atom. The number of aliphatic carboxylic acids is 1. The molecule has 0 unspecified atom stereocenters. The van der Waals surface area contributed by atoms with Crippen LogP contribution >= 0.6 is 0 Å². The van der Waals surface area contributed by atoms with E-state index in [9.17, 15) is 18.3 Å². The van der Waals surface area contributed by atoms with Crippen LogP contribution in [0.1, 0.15) is 72.1 Å². The first kappa shape index (κ1) is 21.3. The van der Waals surface area contributed by atoms with Gasteiger partial charge < -0.3 is 5.11 Å². The number of carbonyl (C=O) groups is 1. The summed E-state index contributed by atoms with van der Waals surface area (Å²) in [5, 5.41) is 9.42. The number of hydrogen-bond donors (Lipinski definition) is 2. The van der Waals surface area contributed by atoms with Gasteiger partial charge in [-0.25, -0.2) is 8.98 Å². The molecular formula is C22H34O6S. The van der Waals surface area contributed by atoms with E-state index < -0.39 is 22.5 Å². The minimum absolute atomic E-state index is 0.0329. The van der Waals surface area contributed by atoms with Crippen molar-refractivity contribution in [3.8, 4) is 0 Å². The maximum atomic E-state index is 11.5. The predicted molar refractivity (Wildman–Crippen MR) is 108 cm³/mol. The minimum atomic E-state index is -4.44. The fraction of sp³-hybridized carbons (Fsp3) is 0.864. The monoisotopic (exact) mass is 426 g/mol. The number of hydrogen-bond acceptors (Lipinski definition) is 4. The highest BCUT2D eigenvalue weighted by atomic mass is 32.3. The van der Waals surface area contributed by atoms with E-state index >= 15 is 0 Å². The van der Waals surface area contributed by atoms with Crippen LogP contribution in [0, 0.1) is 40.4 Å². The molecule has 0 aliphatic heterocycles. The van der Waals surface area contributed by atoms with E-state index in [4.69, 9.17) is 8.74 Å². The summed E-state index contributed by atoms with van der Waals surface area (Å²) in [5.74, 6) is 1.56. The first-order chi connectivity index (χ1) is 13.5. The molecule has 3 saturated carbocycles. The van der Waals surface area contributed by atoms with Gasteiger partial charge in [-0.3, -0.25) is 4.55 Å². The molecule has 0 aromatic heterocycles. The van der Waals surface area contributed by atoms with Crippen molar-refractivity contribution < 1.29 is 27.1 Å². The van der Waals surface area contributed by atoms with Gasteiger partial charge in [0.15, 0.2) is 0 Å². The molecule has 4 aliphatic rings. The summed E-state index contributed by atoms with van der Waals surface area (Å²) >= 11 is 0. The minimum Gasteiger partial charge on any atom is -0.478 e. The van der Waals surface area contributed by atoms with Crippen LogP contribution in [0.15, 0.2) is 11.6 Å². The maximum Gasteiger partial charge on any atom is 0.397 e. The summed E-state index contributed by atoms with van der Waals surface area (Å²) in [6, 6.07) is 0. The lowest BCUT2D eigenvalue weighted by atomic mass is 9.45. The van der Waals surface area contributed by atoms with E-state index in [-0.39, 0.29) is 16.7 Å². The van der Waals surface area contributed by atoms with Gasteiger partial charge in [0.2, 0.25) is 0 Å². The van der Waals surface area contributed by atoms with E-state index in [0.29, 0.717) is 35.7 Å². The predicted octanol–water partition coefficient (Wildman–Crippen LogP) is 4.47. The molecule has 164 valence electrons. The van der Waals surface area contributed by atoms with Gasteiger partial charge in [-0.05, 0) is 98.7 Å². The van der Waals surface area contributed by atoms with Crippen LogP contribution in [0.3, 0.4) is 0 Å². The third-order valence-electron chi connectivity index (χ3n) is 9.51. The molecule has 0 heterocycles. The van der Waals surface area contributed by atoms with E-state index in [0.717, 1.165) is 44.9 Å². The van der Waals surface area contributed by atoms with Crippen LogP contribution < -0.4 is 0 Å². The lowest BCUT2D eigenvalue weighted by Crippen LogP contribution is -2.53. The SMILES string of the molecule is C[C@H](OS(=O)(=O)O)[C@H]1CC[C@H]2[C@@H]3CC[C@H]4CC(C(=O)O)=CC[C@]4(C)[C@H]3CC[C@]12C. The molecule has 7 heteroatoms. The molecule has 0 radical (unpaired) electrons. The zero-order chi connectivity index (χ0) is 21.2. The molecule has 0 spiro atoms. The number of allylic oxidation sites excluding steroid dienone is 1. The van der Waals surface area contributed by atoms with E-state index in [1.54, 1.807) is 6.92 Å². The Kier molecular flexibility index (Phi) is 5.19. The Balaban J connectivity index is 1.56. The van der Waals surface area contributed by atoms with Crippen molar-refractivity contribution in [3.05, 3.63) is 11.6 Å². The van der Waals surface area contributed by atoms with Gasteiger partial charge in [-0.2, -0.15) is 8.42 Å². The number of rotatable bonds is 4. The molecule has 0 aromatic rings. The van der Waals surface area contributed by atoms with Crippen molar-refractivity contribution in [2.45, 2.75) is 78.2 Å². The fourth-order valence-corrected chi connectivity index (χ4v) is 8.64. The molecule has 4 rings (SSSR count). The molecule has 29 heavy (non-hydrogen) atoms. The number of fused-ring (bicyclic) bond motifs is 5. The van der Waals surface area contributed by atoms with Crippen molar-refractivity contribution in [3.63, 3.8) is 0 Å². The van der Waals surface area contributed by atoms with Crippen LogP contribution in [0.4, 0.5) is 0 Å². The Labute approximate surface area is 174 Å². The molecule has 0 bridgehead atoms. The lowest BCUT2D eigenvalue weighted by molar-refractivity contribution is -0.134. The van der Waals surface area contributed by atoms with Crippen LogP contribution in [0.25, 0.3) is 0 Å². The lowest BCUT2D eigenvalue weighted by Gasteiger charge is -2.60. The highest BCUT2D eigenvalue weighted by Gasteiger charge is 2.60. The van der Waals surface area contributed by atoms with Crippen LogP contribution in [0.2, 0.25) is 0 Å². The summed E-state index contributed by atoms with van der Waals surface area (Å²) < 4.78 is 36.6. The van der Waals surface area contributed by atoms with Crippen molar-refractivity contribution in [1.82, 2.24) is 0 Å². The zero-order valence-electron chi connectivity index (χ0n) is 17.6. The number of carboxylic acids is 1. The Bertz CT molecular complexity index is 819. The molecule has 3 fully saturated rings. The Hall–Kier alpha value is -0.920. The van der Waals surface area contributed by atoms with Crippen molar-refractivity contribution in [2.75, 3.05) is 0 Å². The Morgan fingerprint density at radius 1 is 1.14 bits per heavy atom.